The summed E-state index contributed by atoms with van der Waals surface area (Å²) < 4.78 is 0. The second-order valence-corrected chi connectivity index (χ2v) is 5.68. The van der Waals surface area contributed by atoms with Gasteiger partial charge in [-0.25, -0.2) is 0 Å². The van der Waals surface area contributed by atoms with Crippen LogP contribution in [0.3, 0.4) is 0 Å². The first kappa shape index (κ1) is 16.7. The number of carboxylic acid groups (broad SMARTS) is 1. The van der Waals surface area contributed by atoms with Crippen LogP contribution in [-0.4, -0.2) is 38.6 Å². The summed E-state index contributed by atoms with van der Waals surface area (Å²) in [4.78, 5) is 45.8. The second-order valence-electron chi connectivity index (χ2n) is 4.68. The summed E-state index contributed by atoms with van der Waals surface area (Å²) >= 11 is 0.731. The summed E-state index contributed by atoms with van der Waals surface area (Å²) in [5.41, 5.74) is 0.328. The van der Waals surface area contributed by atoms with E-state index in [1.807, 2.05) is 0 Å². The monoisotopic (exact) mass is 336 g/mol. The van der Waals surface area contributed by atoms with Crippen molar-refractivity contribution in [1.29, 1.82) is 0 Å². The van der Waals surface area contributed by atoms with Gasteiger partial charge < -0.3 is 5.11 Å². The number of non-ortho nitro benzene ring substituents is 1. The smallest absolute Gasteiger partial charge is 0.303 e. The Hall–Kier alpha value is -2.68. The quantitative estimate of drug-likeness (QED) is 0.481. The standard InChI is InChI=1S/C14H12N2O6S/c17-12(18)5-2-6-15-13(19)11(23-14(15)20)8-9-3-1-4-10(7-9)16(21)22/h1,3-4,7-8H,2,5-6H2,(H,17,18). The van der Waals surface area contributed by atoms with Crippen LogP contribution >= 0.6 is 11.8 Å². The largest absolute Gasteiger partial charge is 0.481 e. The minimum atomic E-state index is -0.996. The third-order valence-electron chi connectivity index (χ3n) is 3.02. The van der Waals surface area contributed by atoms with Crippen molar-refractivity contribution in [3.05, 3.63) is 44.8 Å². The third kappa shape index (κ3) is 4.16. The van der Waals surface area contributed by atoms with Crippen molar-refractivity contribution in [2.24, 2.45) is 0 Å². The van der Waals surface area contributed by atoms with Crippen molar-refractivity contribution < 1.29 is 24.4 Å². The third-order valence-corrected chi connectivity index (χ3v) is 3.93. The van der Waals surface area contributed by atoms with E-state index in [0.717, 1.165) is 16.7 Å². The molecule has 0 aliphatic carbocycles. The van der Waals surface area contributed by atoms with Gasteiger partial charge in [-0.15, -0.1) is 0 Å². The minimum absolute atomic E-state index is 0.0310. The van der Waals surface area contributed by atoms with Crippen LogP contribution < -0.4 is 0 Å². The number of carbonyl (C=O) groups is 3. The molecule has 0 atom stereocenters. The zero-order valence-corrected chi connectivity index (χ0v) is 12.6. The van der Waals surface area contributed by atoms with E-state index in [4.69, 9.17) is 5.11 Å². The molecule has 0 bridgehead atoms. The number of benzene rings is 1. The van der Waals surface area contributed by atoms with E-state index >= 15 is 0 Å². The maximum atomic E-state index is 12.1. The molecular formula is C14H12N2O6S. The molecule has 1 aliphatic heterocycles. The van der Waals surface area contributed by atoms with Crippen LogP contribution in [0.15, 0.2) is 29.2 Å². The van der Waals surface area contributed by atoms with Crippen molar-refractivity contribution in [2.75, 3.05) is 6.54 Å². The van der Waals surface area contributed by atoms with Crippen LogP contribution in [0.1, 0.15) is 18.4 Å². The van der Waals surface area contributed by atoms with E-state index < -0.39 is 22.0 Å². The van der Waals surface area contributed by atoms with Gasteiger partial charge in [0.05, 0.1) is 9.83 Å². The van der Waals surface area contributed by atoms with Crippen LogP contribution in [0, 0.1) is 10.1 Å². The number of amides is 2. The van der Waals surface area contributed by atoms with Crippen LogP contribution in [0.25, 0.3) is 6.08 Å². The van der Waals surface area contributed by atoms with Crippen LogP contribution in [0.4, 0.5) is 10.5 Å². The molecule has 23 heavy (non-hydrogen) atoms. The minimum Gasteiger partial charge on any atom is -0.481 e. The molecule has 120 valence electrons. The topological polar surface area (TPSA) is 118 Å². The van der Waals surface area contributed by atoms with Gasteiger partial charge in [-0.3, -0.25) is 29.4 Å². The zero-order valence-electron chi connectivity index (χ0n) is 11.8. The molecular weight excluding hydrogens is 324 g/mol. The number of nitro groups is 1. The maximum Gasteiger partial charge on any atom is 0.303 e. The average Bonchev–Trinajstić information content (AvgIpc) is 2.74. The number of nitrogens with zero attached hydrogens (tertiary/aromatic N) is 2. The fourth-order valence-electron chi connectivity index (χ4n) is 1.96. The van der Waals surface area contributed by atoms with E-state index in [1.165, 1.54) is 24.3 Å². The lowest BCUT2D eigenvalue weighted by atomic mass is 10.2. The Bertz CT molecular complexity index is 715. The van der Waals surface area contributed by atoms with E-state index in [1.54, 1.807) is 6.07 Å². The molecule has 0 spiro atoms. The first-order valence-electron chi connectivity index (χ1n) is 6.60. The fraction of sp³-hybridized carbons (Fsp3) is 0.214. The molecule has 0 saturated carbocycles. The normalized spacial score (nSPS) is 16.2. The van der Waals surface area contributed by atoms with E-state index in [2.05, 4.69) is 0 Å². The summed E-state index contributed by atoms with van der Waals surface area (Å²) in [6, 6.07) is 5.71. The highest BCUT2D eigenvalue weighted by Crippen LogP contribution is 2.32. The van der Waals surface area contributed by atoms with Crippen molar-refractivity contribution in [3.63, 3.8) is 0 Å². The van der Waals surface area contributed by atoms with Crippen molar-refractivity contribution in [3.8, 4) is 0 Å². The number of nitro benzene ring substituents is 1. The van der Waals surface area contributed by atoms with Gasteiger partial charge in [0.2, 0.25) is 0 Å². The maximum absolute atomic E-state index is 12.1. The molecule has 9 heteroatoms. The number of carbonyl (C=O) groups excluding carboxylic acids is 2. The Morgan fingerprint density at radius 1 is 1.39 bits per heavy atom. The summed E-state index contributed by atoms with van der Waals surface area (Å²) in [5, 5.41) is 18.8. The lowest BCUT2D eigenvalue weighted by Gasteiger charge is -2.10. The lowest BCUT2D eigenvalue weighted by Crippen LogP contribution is -2.29. The van der Waals surface area contributed by atoms with Crippen LogP contribution in [0.5, 0.6) is 0 Å². The summed E-state index contributed by atoms with van der Waals surface area (Å²) in [7, 11) is 0. The molecule has 0 aromatic heterocycles. The molecule has 0 unspecified atom stereocenters. The highest BCUT2D eigenvalue weighted by atomic mass is 32.2. The molecule has 0 radical (unpaired) electrons. The van der Waals surface area contributed by atoms with Gasteiger partial charge in [0.1, 0.15) is 0 Å². The molecule has 1 aliphatic rings. The SMILES string of the molecule is O=C(O)CCCN1C(=O)SC(=Cc2cccc([N+](=O)[O-])c2)C1=O. The fourth-order valence-corrected chi connectivity index (χ4v) is 2.83. The highest BCUT2D eigenvalue weighted by Gasteiger charge is 2.34. The van der Waals surface area contributed by atoms with Crippen molar-refractivity contribution >= 4 is 40.6 Å². The summed E-state index contributed by atoms with van der Waals surface area (Å²) in [6.07, 6.45) is 1.46. The first-order chi connectivity index (χ1) is 10.9. The number of hydrogen-bond acceptors (Lipinski definition) is 6. The van der Waals surface area contributed by atoms with Gasteiger partial charge in [-0.1, -0.05) is 12.1 Å². The number of thioether (sulfide) groups is 1. The molecule has 2 rings (SSSR count). The highest BCUT2D eigenvalue weighted by molar-refractivity contribution is 8.18. The first-order valence-corrected chi connectivity index (χ1v) is 7.42. The van der Waals surface area contributed by atoms with Crippen molar-refractivity contribution in [1.82, 2.24) is 4.90 Å². The van der Waals surface area contributed by atoms with Gasteiger partial charge in [-0.2, -0.15) is 0 Å². The lowest BCUT2D eigenvalue weighted by molar-refractivity contribution is -0.384. The Morgan fingerprint density at radius 3 is 2.78 bits per heavy atom. The molecule has 1 heterocycles. The number of hydrogen-bond donors (Lipinski definition) is 1. The van der Waals surface area contributed by atoms with Crippen molar-refractivity contribution in [2.45, 2.75) is 12.8 Å². The molecule has 1 aromatic rings. The molecule has 2 amide bonds. The average molecular weight is 336 g/mol. The van der Waals surface area contributed by atoms with E-state index in [0.29, 0.717) is 5.56 Å². The van der Waals surface area contributed by atoms with Gasteiger partial charge in [0.25, 0.3) is 16.8 Å². The number of rotatable bonds is 6. The number of aliphatic carboxylic acids is 1. The second kappa shape index (κ2) is 7.05. The Balaban J connectivity index is 2.13. The number of carboxylic acids is 1. The molecule has 1 fully saturated rings. The van der Waals surface area contributed by atoms with Crippen LogP contribution in [-0.2, 0) is 9.59 Å². The molecule has 1 saturated heterocycles. The summed E-state index contributed by atoms with van der Waals surface area (Å²) in [6.45, 7) is 0.0310. The predicted molar refractivity (Wildman–Crippen MR) is 82.6 cm³/mol. The van der Waals surface area contributed by atoms with Gasteiger partial charge in [-0.05, 0) is 29.8 Å². The summed E-state index contributed by atoms with van der Waals surface area (Å²) in [5.74, 6) is -1.51. The molecule has 1 N–H and O–H groups in total. The Labute approximate surface area is 134 Å². The Morgan fingerprint density at radius 2 is 2.13 bits per heavy atom. The van der Waals surface area contributed by atoms with E-state index in [-0.39, 0.29) is 30.0 Å². The van der Waals surface area contributed by atoms with Gasteiger partial charge in [0.15, 0.2) is 0 Å². The van der Waals surface area contributed by atoms with Gasteiger partial charge >= 0.3 is 5.97 Å². The van der Waals surface area contributed by atoms with Crippen LogP contribution in [0.2, 0.25) is 0 Å². The number of imide groups is 1. The predicted octanol–water partition coefficient (Wildman–Crippen LogP) is 2.50. The molecule has 1 aromatic carbocycles. The Kier molecular flexibility index (Phi) is 5.12. The van der Waals surface area contributed by atoms with Gasteiger partial charge in [0, 0.05) is 25.1 Å². The molecule has 8 nitrogen and oxygen atoms in total. The zero-order chi connectivity index (χ0) is 17.0. The van der Waals surface area contributed by atoms with E-state index in [9.17, 15) is 24.5 Å².